The van der Waals surface area contributed by atoms with Crippen LogP contribution in [-0.4, -0.2) is 10.6 Å². The number of fused-ring (bicyclic) bond motifs is 11. The van der Waals surface area contributed by atoms with Gasteiger partial charge in [0.05, 0.1) is 22.8 Å². The van der Waals surface area contributed by atoms with E-state index in [0.717, 1.165) is 5.69 Å². The van der Waals surface area contributed by atoms with Gasteiger partial charge in [-0.3, -0.25) is 0 Å². The molecule has 2 aliphatic heterocycles. The molecule has 296 valence electrons. The van der Waals surface area contributed by atoms with Gasteiger partial charge in [0.15, 0.2) is 0 Å². The highest BCUT2D eigenvalue weighted by Crippen LogP contribution is 2.59. The SMILES string of the molecule is CC1C=C(c2ccc3c(c2)c2ccccc2n3-c2ccc(-c3cccc(-c4ccccc4)c3)cc2)C=C2c3cccc4c3N(c3ccc(-c5ccccc5)cc3-c3ccccc3-4)C21. The fraction of sp³-hybridized carbons (Fsp3) is 0.0492. The third-order valence-corrected chi connectivity index (χ3v) is 13.7. The van der Waals surface area contributed by atoms with E-state index in [9.17, 15) is 0 Å². The van der Waals surface area contributed by atoms with Crippen molar-refractivity contribution in [3.8, 4) is 61.3 Å². The smallest absolute Gasteiger partial charge is 0.0659 e. The van der Waals surface area contributed by atoms with Crippen molar-refractivity contribution < 1.29 is 0 Å². The Labute approximate surface area is 368 Å². The molecular weight excluding hydrogens is 761 g/mol. The van der Waals surface area contributed by atoms with Crippen molar-refractivity contribution in [1.29, 1.82) is 0 Å². The molecule has 2 atom stereocenters. The molecule has 2 nitrogen and oxygen atoms in total. The first kappa shape index (κ1) is 35.8. The number of hydrogen-bond acceptors (Lipinski definition) is 1. The highest BCUT2D eigenvalue weighted by molar-refractivity contribution is 6.12. The lowest BCUT2D eigenvalue weighted by Gasteiger charge is -2.35. The first-order valence-electron chi connectivity index (χ1n) is 22.1. The van der Waals surface area contributed by atoms with Crippen molar-refractivity contribution >= 4 is 44.3 Å². The van der Waals surface area contributed by atoms with E-state index in [1.807, 2.05) is 0 Å². The average molecular weight is 803 g/mol. The first-order valence-corrected chi connectivity index (χ1v) is 22.1. The van der Waals surface area contributed by atoms with E-state index in [1.165, 1.54) is 111 Å². The minimum Gasteiger partial charge on any atom is -0.332 e. The highest BCUT2D eigenvalue weighted by atomic mass is 15.2. The van der Waals surface area contributed by atoms with E-state index in [2.05, 4.69) is 241 Å². The van der Waals surface area contributed by atoms with Gasteiger partial charge in [0, 0.05) is 38.8 Å². The maximum Gasteiger partial charge on any atom is 0.0659 e. The van der Waals surface area contributed by atoms with Gasteiger partial charge in [-0.2, -0.15) is 0 Å². The minimum absolute atomic E-state index is 0.176. The van der Waals surface area contributed by atoms with E-state index in [1.54, 1.807) is 0 Å². The third kappa shape index (κ3) is 5.58. The van der Waals surface area contributed by atoms with Gasteiger partial charge in [-0.15, -0.1) is 0 Å². The minimum atomic E-state index is 0.176. The molecule has 1 aromatic heterocycles. The Balaban J connectivity index is 0.900. The second-order valence-electron chi connectivity index (χ2n) is 17.3. The normalized spacial score (nSPS) is 15.9. The Hall–Kier alpha value is -7.94. The van der Waals surface area contributed by atoms with Crippen molar-refractivity contribution in [2.75, 3.05) is 4.90 Å². The van der Waals surface area contributed by atoms with Crippen LogP contribution in [0.5, 0.6) is 0 Å². The molecule has 0 saturated heterocycles. The molecule has 0 fully saturated rings. The quantitative estimate of drug-likeness (QED) is 0.168. The van der Waals surface area contributed by atoms with Gasteiger partial charge in [0.2, 0.25) is 0 Å². The Kier molecular flexibility index (Phi) is 7.98. The number of aromatic nitrogens is 1. The summed E-state index contributed by atoms with van der Waals surface area (Å²) in [6, 6.07) is 78.4. The van der Waals surface area contributed by atoms with Gasteiger partial charge < -0.3 is 9.47 Å². The lowest BCUT2D eigenvalue weighted by molar-refractivity contribution is 0.639. The topological polar surface area (TPSA) is 8.17 Å². The average Bonchev–Trinajstić information content (AvgIpc) is 3.83. The van der Waals surface area contributed by atoms with E-state index < -0.39 is 0 Å². The van der Waals surface area contributed by atoms with Crippen molar-refractivity contribution in [1.82, 2.24) is 4.57 Å². The van der Waals surface area contributed by atoms with Crippen LogP contribution in [0, 0.1) is 5.92 Å². The number of allylic oxidation sites excluding steroid dienone is 2. The Morgan fingerprint density at radius 2 is 0.937 bits per heavy atom. The van der Waals surface area contributed by atoms with Gasteiger partial charge >= 0.3 is 0 Å². The van der Waals surface area contributed by atoms with Gasteiger partial charge in [-0.05, 0) is 122 Å². The summed E-state index contributed by atoms with van der Waals surface area (Å²) in [5.41, 5.74) is 23.9. The molecule has 1 aliphatic carbocycles. The second kappa shape index (κ2) is 14.1. The zero-order valence-corrected chi connectivity index (χ0v) is 34.9. The Morgan fingerprint density at radius 3 is 1.70 bits per heavy atom. The molecular formula is C61H42N2. The van der Waals surface area contributed by atoms with E-state index in [0.29, 0.717) is 0 Å². The molecule has 9 aromatic carbocycles. The number of anilines is 2. The molecule has 13 rings (SSSR count). The predicted octanol–water partition coefficient (Wildman–Crippen LogP) is 16.1. The predicted molar refractivity (Wildman–Crippen MR) is 265 cm³/mol. The third-order valence-electron chi connectivity index (χ3n) is 13.7. The summed E-state index contributed by atoms with van der Waals surface area (Å²) >= 11 is 0. The van der Waals surface area contributed by atoms with Crippen LogP contribution in [0.1, 0.15) is 18.1 Å². The summed E-state index contributed by atoms with van der Waals surface area (Å²) in [4.78, 5) is 2.67. The van der Waals surface area contributed by atoms with Crippen LogP contribution in [0.2, 0.25) is 0 Å². The Bertz CT molecular complexity index is 3510. The molecule has 3 aliphatic rings. The van der Waals surface area contributed by atoms with Crippen LogP contribution >= 0.6 is 0 Å². The summed E-state index contributed by atoms with van der Waals surface area (Å²) in [6.07, 6.45) is 5.01. The Morgan fingerprint density at radius 1 is 0.381 bits per heavy atom. The monoisotopic (exact) mass is 802 g/mol. The van der Waals surface area contributed by atoms with Crippen LogP contribution in [-0.2, 0) is 0 Å². The van der Waals surface area contributed by atoms with E-state index in [-0.39, 0.29) is 12.0 Å². The number of para-hydroxylation sites is 2. The zero-order valence-electron chi connectivity index (χ0n) is 34.9. The van der Waals surface area contributed by atoms with Crippen molar-refractivity contribution in [3.63, 3.8) is 0 Å². The molecule has 3 heterocycles. The van der Waals surface area contributed by atoms with Crippen molar-refractivity contribution in [2.24, 2.45) is 5.92 Å². The summed E-state index contributed by atoms with van der Waals surface area (Å²) in [7, 11) is 0. The van der Waals surface area contributed by atoms with E-state index in [4.69, 9.17) is 0 Å². The van der Waals surface area contributed by atoms with Crippen LogP contribution in [0.25, 0.3) is 94.3 Å². The summed E-state index contributed by atoms with van der Waals surface area (Å²) in [6.45, 7) is 2.41. The number of benzene rings is 9. The summed E-state index contributed by atoms with van der Waals surface area (Å²) < 4.78 is 2.43. The molecule has 0 amide bonds. The zero-order chi connectivity index (χ0) is 41.6. The largest absolute Gasteiger partial charge is 0.332 e. The fourth-order valence-corrected chi connectivity index (χ4v) is 10.9. The van der Waals surface area contributed by atoms with Gasteiger partial charge in [0.1, 0.15) is 0 Å². The molecule has 0 bridgehead atoms. The molecule has 2 heteroatoms. The molecule has 0 N–H and O–H groups in total. The standard InChI is InChI=1S/C61H42N2/c1-39-34-47(38-56-53-24-13-23-52-49-20-8-9-21-50(49)54-36-45(41-16-6-3-7-17-41)28-33-59(54)63(60(39)56)61(52)53)46-29-32-58-55(37-46)51-22-10-11-25-57(51)62(58)48-30-26-42(27-31-48)44-19-12-18-43(35-44)40-14-4-2-5-15-40/h2-39,60H,1H3. The number of nitrogens with zero attached hydrogens (tertiary/aromatic N) is 2. The lowest BCUT2D eigenvalue weighted by atomic mass is 9.82. The van der Waals surface area contributed by atoms with Crippen LogP contribution < -0.4 is 4.90 Å². The maximum atomic E-state index is 2.67. The second-order valence-corrected chi connectivity index (χ2v) is 17.3. The number of hydrogen-bond donors (Lipinski definition) is 0. The summed E-state index contributed by atoms with van der Waals surface area (Å²) in [5, 5.41) is 2.53. The molecule has 0 spiro atoms. The molecule has 0 radical (unpaired) electrons. The molecule has 0 saturated carbocycles. The van der Waals surface area contributed by atoms with Crippen LogP contribution in [0.4, 0.5) is 11.4 Å². The van der Waals surface area contributed by atoms with Crippen LogP contribution in [0.15, 0.2) is 224 Å². The molecule has 10 aromatic rings. The lowest BCUT2D eigenvalue weighted by Crippen LogP contribution is -2.33. The summed E-state index contributed by atoms with van der Waals surface area (Å²) in [5.74, 6) is 0.257. The van der Waals surface area contributed by atoms with Gasteiger partial charge in [-0.1, -0.05) is 177 Å². The van der Waals surface area contributed by atoms with Gasteiger partial charge in [-0.25, -0.2) is 0 Å². The first-order chi connectivity index (χ1) is 31.2. The highest BCUT2D eigenvalue weighted by Gasteiger charge is 2.43. The molecule has 63 heavy (non-hydrogen) atoms. The van der Waals surface area contributed by atoms with Crippen molar-refractivity contribution in [2.45, 2.75) is 13.0 Å². The molecule has 2 unspecified atom stereocenters. The van der Waals surface area contributed by atoms with E-state index >= 15 is 0 Å². The van der Waals surface area contributed by atoms with Crippen LogP contribution in [0.3, 0.4) is 0 Å². The number of rotatable bonds is 5. The van der Waals surface area contributed by atoms with Gasteiger partial charge in [0.25, 0.3) is 0 Å². The van der Waals surface area contributed by atoms with Crippen molar-refractivity contribution in [3.05, 3.63) is 236 Å². The maximum absolute atomic E-state index is 2.67. The fourth-order valence-electron chi connectivity index (χ4n) is 10.9.